The summed E-state index contributed by atoms with van der Waals surface area (Å²) in [6.45, 7) is 0. The van der Waals surface area contributed by atoms with Gasteiger partial charge in [0.15, 0.2) is 0 Å². The Morgan fingerprint density at radius 3 is 2.45 bits per heavy atom. The molecule has 5 heteroatoms. The normalized spacial score (nSPS) is 11.0. The van der Waals surface area contributed by atoms with Crippen molar-refractivity contribution in [3.8, 4) is 16.8 Å². The van der Waals surface area contributed by atoms with E-state index in [1.165, 1.54) is 6.33 Å². The van der Waals surface area contributed by atoms with Gasteiger partial charge in [-0.25, -0.2) is 9.97 Å². The zero-order valence-electron chi connectivity index (χ0n) is 11.5. The number of aromatic nitrogens is 4. The maximum absolute atomic E-state index is 6.33. The van der Waals surface area contributed by atoms with Gasteiger partial charge >= 0.3 is 0 Å². The SMILES string of the molecule is Clc1ncnc2c1c(-c1ccncc1)cn2-c1ccccc1. The summed E-state index contributed by atoms with van der Waals surface area (Å²) in [5.41, 5.74) is 3.85. The number of hydrogen-bond acceptors (Lipinski definition) is 3. The van der Waals surface area contributed by atoms with E-state index in [9.17, 15) is 0 Å². The maximum atomic E-state index is 6.33. The van der Waals surface area contributed by atoms with Crippen molar-refractivity contribution < 1.29 is 0 Å². The lowest BCUT2D eigenvalue weighted by molar-refractivity contribution is 1.08. The Balaban J connectivity index is 2.07. The Kier molecular flexibility index (Phi) is 3.09. The summed E-state index contributed by atoms with van der Waals surface area (Å²) in [6.07, 6.45) is 7.05. The zero-order valence-corrected chi connectivity index (χ0v) is 12.3. The smallest absolute Gasteiger partial charge is 0.150 e. The molecule has 4 rings (SSSR count). The first kappa shape index (κ1) is 13.0. The van der Waals surface area contributed by atoms with Crippen molar-refractivity contribution in [3.05, 3.63) is 72.5 Å². The molecule has 0 atom stereocenters. The second-order valence-corrected chi connectivity index (χ2v) is 5.21. The molecule has 0 saturated carbocycles. The van der Waals surface area contributed by atoms with Crippen LogP contribution in [0.5, 0.6) is 0 Å². The topological polar surface area (TPSA) is 43.6 Å². The van der Waals surface area contributed by atoms with Crippen molar-refractivity contribution in [1.82, 2.24) is 19.5 Å². The molecule has 0 radical (unpaired) electrons. The number of nitrogens with zero attached hydrogens (tertiary/aromatic N) is 4. The van der Waals surface area contributed by atoms with Crippen LogP contribution in [-0.4, -0.2) is 19.5 Å². The van der Waals surface area contributed by atoms with Crippen LogP contribution in [0.1, 0.15) is 0 Å². The van der Waals surface area contributed by atoms with Gasteiger partial charge in [-0.05, 0) is 29.8 Å². The fourth-order valence-corrected chi connectivity index (χ4v) is 2.79. The van der Waals surface area contributed by atoms with Crippen molar-refractivity contribution in [3.63, 3.8) is 0 Å². The molecular weight excluding hydrogens is 296 g/mol. The Labute approximate surface area is 132 Å². The van der Waals surface area contributed by atoms with E-state index in [0.29, 0.717) is 5.15 Å². The van der Waals surface area contributed by atoms with Crippen molar-refractivity contribution in [2.24, 2.45) is 0 Å². The molecule has 0 bridgehead atoms. The highest BCUT2D eigenvalue weighted by Crippen LogP contribution is 2.34. The first-order valence-corrected chi connectivity index (χ1v) is 7.20. The summed E-state index contributed by atoms with van der Waals surface area (Å²) < 4.78 is 2.03. The molecule has 0 N–H and O–H groups in total. The quantitative estimate of drug-likeness (QED) is 0.523. The van der Waals surface area contributed by atoms with Crippen LogP contribution in [-0.2, 0) is 0 Å². The van der Waals surface area contributed by atoms with Crippen LogP contribution in [0.15, 0.2) is 67.4 Å². The second-order valence-electron chi connectivity index (χ2n) is 4.85. The highest BCUT2D eigenvalue weighted by Gasteiger charge is 2.15. The van der Waals surface area contributed by atoms with E-state index in [4.69, 9.17) is 11.6 Å². The van der Waals surface area contributed by atoms with Gasteiger partial charge < -0.3 is 4.57 Å². The molecule has 4 aromatic rings. The van der Waals surface area contributed by atoms with E-state index in [1.807, 2.05) is 53.2 Å². The fraction of sp³-hybridized carbons (Fsp3) is 0. The molecule has 4 nitrogen and oxygen atoms in total. The van der Waals surface area contributed by atoms with Crippen molar-refractivity contribution in [1.29, 1.82) is 0 Å². The van der Waals surface area contributed by atoms with Gasteiger partial charge in [-0.1, -0.05) is 29.8 Å². The van der Waals surface area contributed by atoms with E-state index < -0.39 is 0 Å². The minimum atomic E-state index is 0.450. The van der Waals surface area contributed by atoms with Crippen molar-refractivity contribution >= 4 is 22.6 Å². The number of hydrogen-bond donors (Lipinski definition) is 0. The predicted octanol–water partition coefficient (Wildman–Crippen LogP) is 4.14. The molecule has 0 unspecified atom stereocenters. The van der Waals surface area contributed by atoms with Gasteiger partial charge in [-0.15, -0.1) is 0 Å². The van der Waals surface area contributed by atoms with Crippen LogP contribution in [0.25, 0.3) is 27.8 Å². The van der Waals surface area contributed by atoms with E-state index in [-0.39, 0.29) is 0 Å². The molecule has 106 valence electrons. The third kappa shape index (κ3) is 2.05. The summed E-state index contributed by atoms with van der Waals surface area (Å²) in [5.74, 6) is 0. The molecule has 3 heterocycles. The van der Waals surface area contributed by atoms with E-state index >= 15 is 0 Å². The van der Waals surface area contributed by atoms with Crippen molar-refractivity contribution in [2.75, 3.05) is 0 Å². The van der Waals surface area contributed by atoms with Crippen molar-refractivity contribution in [2.45, 2.75) is 0 Å². The lowest BCUT2D eigenvalue weighted by Crippen LogP contribution is -1.93. The second kappa shape index (κ2) is 5.24. The molecule has 22 heavy (non-hydrogen) atoms. The van der Waals surface area contributed by atoms with Gasteiger partial charge in [-0.2, -0.15) is 0 Å². The Hall–Kier alpha value is -2.72. The highest BCUT2D eigenvalue weighted by atomic mass is 35.5. The van der Waals surface area contributed by atoms with Crippen LogP contribution in [0.4, 0.5) is 0 Å². The average Bonchev–Trinajstić information content (AvgIpc) is 2.98. The lowest BCUT2D eigenvalue weighted by Gasteiger charge is -2.03. The molecular formula is C17H11ClN4. The van der Waals surface area contributed by atoms with Crippen LogP contribution in [0.2, 0.25) is 5.15 Å². The zero-order chi connectivity index (χ0) is 14.9. The summed E-state index contributed by atoms with van der Waals surface area (Å²) in [7, 11) is 0. The third-order valence-electron chi connectivity index (χ3n) is 3.56. The van der Waals surface area contributed by atoms with E-state index in [2.05, 4.69) is 15.0 Å². The standard InChI is InChI=1S/C17H11ClN4/c18-16-15-14(12-6-8-19-9-7-12)10-22(17(15)21-11-20-16)13-4-2-1-3-5-13/h1-11H. The maximum Gasteiger partial charge on any atom is 0.150 e. The summed E-state index contributed by atoms with van der Waals surface area (Å²) in [6, 6.07) is 13.9. The highest BCUT2D eigenvalue weighted by molar-refractivity contribution is 6.35. The number of fused-ring (bicyclic) bond motifs is 1. The minimum Gasteiger partial charge on any atom is -0.301 e. The minimum absolute atomic E-state index is 0.450. The molecule has 0 spiro atoms. The van der Waals surface area contributed by atoms with Gasteiger partial charge in [0.05, 0.1) is 5.39 Å². The van der Waals surface area contributed by atoms with Gasteiger partial charge in [0.1, 0.15) is 17.1 Å². The van der Waals surface area contributed by atoms with E-state index in [0.717, 1.165) is 27.8 Å². The monoisotopic (exact) mass is 306 g/mol. The molecule has 0 amide bonds. The van der Waals surface area contributed by atoms with Crippen LogP contribution in [0.3, 0.4) is 0 Å². The van der Waals surface area contributed by atoms with Crippen LogP contribution >= 0.6 is 11.6 Å². The third-order valence-corrected chi connectivity index (χ3v) is 3.85. The fourth-order valence-electron chi connectivity index (χ4n) is 2.56. The molecule has 1 aromatic carbocycles. The van der Waals surface area contributed by atoms with Gasteiger partial charge in [0.2, 0.25) is 0 Å². The van der Waals surface area contributed by atoms with Crippen LogP contribution in [0, 0.1) is 0 Å². The Morgan fingerprint density at radius 1 is 0.909 bits per heavy atom. The summed E-state index contributed by atoms with van der Waals surface area (Å²) >= 11 is 6.33. The number of rotatable bonds is 2. The number of halogens is 1. The Bertz CT molecular complexity index is 933. The van der Waals surface area contributed by atoms with Crippen LogP contribution < -0.4 is 0 Å². The molecule has 0 aliphatic heterocycles. The first-order chi connectivity index (χ1) is 10.8. The predicted molar refractivity (Wildman–Crippen MR) is 87.1 cm³/mol. The van der Waals surface area contributed by atoms with Gasteiger partial charge in [-0.3, -0.25) is 4.98 Å². The molecule has 0 saturated heterocycles. The summed E-state index contributed by atoms with van der Waals surface area (Å²) in [5, 5.41) is 1.30. The molecule has 0 aliphatic carbocycles. The number of benzene rings is 1. The molecule has 3 aromatic heterocycles. The van der Waals surface area contributed by atoms with Gasteiger partial charge in [0.25, 0.3) is 0 Å². The largest absolute Gasteiger partial charge is 0.301 e. The van der Waals surface area contributed by atoms with Gasteiger partial charge in [0, 0.05) is 29.8 Å². The molecule has 0 aliphatic rings. The lowest BCUT2D eigenvalue weighted by atomic mass is 10.1. The van der Waals surface area contributed by atoms with E-state index in [1.54, 1.807) is 12.4 Å². The summed E-state index contributed by atoms with van der Waals surface area (Å²) in [4.78, 5) is 12.6. The first-order valence-electron chi connectivity index (χ1n) is 6.82. The number of pyridine rings is 1. The molecule has 0 fully saturated rings. The average molecular weight is 307 g/mol. The number of para-hydroxylation sites is 1. The Morgan fingerprint density at radius 2 is 1.68 bits per heavy atom.